The van der Waals surface area contributed by atoms with Crippen molar-refractivity contribution in [3.63, 3.8) is 0 Å². The molecule has 20 heavy (non-hydrogen) atoms. The largest absolute Gasteiger partial charge is 0.369 e. The molecule has 1 unspecified atom stereocenters. The third-order valence-electron chi connectivity index (χ3n) is 3.67. The van der Waals surface area contributed by atoms with Crippen LogP contribution in [0.3, 0.4) is 0 Å². The molecule has 104 valence electrons. The number of primary amides is 1. The first-order valence-corrected chi connectivity index (χ1v) is 6.65. The minimum absolute atomic E-state index is 0.275. The monoisotopic (exact) mass is 271 g/mol. The van der Waals surface area contributed by atoms with Crippen molar-refractivity contribution in [2.24, 2.45) is 5.73 Å². The van der Waals surface area contributed by atoms with E-state index in [4.69, 9.17) is 5.73 Å². The topological polar surface area (TPSA) is 77.0 Å². The zero-order valence-electron chi connectivity index (χ0n) is 11.4. The van der Waals surface area contributed by atoms with Gasteiger partial charge >= 0.3 is 0 Å². The van der Waals surface area contributed by atoms with E-state index >= 15 is 0 Å². The summed E-state index contributed by atoms with van der Waals surface area (Å²) < 4.78 is 1.84. The molecule has 3 heterocycles. The molecule has 0 radical (unpaired) electrons. The molecule has 1 fully saturated rings. The maximum Gasteiger partial charge on any atom is 0.251 e. The highest BCUT2D eigenvalue weighted by molar-refractivity contribution is 5.92. The van der Waals surface area contributed by atoms with Crippen LogP contribution in [0.15, 0.2) is 30.7 Å². The molecule has 0 saturated carbocycles. The number of hydrogen-bond donors (Lipinski definition) is 1. The van der Waals surface area contributed by atoms with Gasteiger partial charge < -0.3 is 10.6 Å². The molecule has 1 saturated heterocycles. The van der Waals surface area contributed by atoms with Gasteiger partial charge in [-0.05, 0) is 25.5 Å². The van der Waals surface area contributed by atoms with E-state index in [-0.39, 0.29) is 6.04 Å². The first kappa shape index (κ1) is 12.7. The number of carbonyl (C=O) groups excluding carboxylic acids is 1. The molecule has 6 nitrogen and oxygen atoms in total. The molecule has 2 aromatic rings. The third-order valence-corrected chi connectivity index (χ3v) is 3.67. The van der Waals surface area contributed by atoms with Crippen molar-refractivity contribution in [3.8, 4) is 0 Å². The number of amides is 1. The molecule has 0 aliphatic carbocycles. The molecule has 0 spiro atoms. The molecule has 0 bridgehead atoms. The van der Waals surface area contributed by atoms with Crippen LogP contribution in [0.4, 0.5) is 5.69 Å². The molecule has 1 amide bonds. The molecule has 3 rings (SSSR count). The van der Waals surface area contributed by atoms with Crippen LogP contribution in [0.2, 0.25) is 0 Å². The lowest BCUT2D eigenvalue weighted by Crippen LogP contribution is -2.21. The van der Waals surface area contributed by atoms with Crippen LogP contribution >= 0.6 is 0 Å². The molecule has 1 atom stereocenters. The number of anilines is 1. The van der Waals surface area contributed by atoms with Crippen LogP contribution in [-0.2, 0) is 0 Å². The summed E-state index contributed by atoms with van der Waals surface area (Å²) in [5.74, 6) is -0.434. The predicted molar refractivity (Wildman–Crippen MR) is 75.6 cm³/mol. The highest BCUT2D eigenvalue weighted by Crippen LogP contribution is 2.26. The number of pyridine rings is 1. The summed E-state index contributed by atoms with van der Waals surface area (Å²) in [6.07, 6.45) is 6.09. The number of carbonyl (C=O) groups is 1. The molecule has 0 aromatic carbocycles. The maximum atomic E-state index is 11.1. The fraction of sp³-hybridized carbons (Fsp3) is 0.357. The van der Waals surface area contributed by atoms with Gasteiger partial charge in [0, 0.05) is 36.9 Å². The Balaban J connectivity index is 1.74. The van der Waals surface area contributed by atoms with Crippen LogP contribution in [0.5, 0.6) is 0 Å². The van der Waals surface area contributed by atoms with E-state index in [0.29, 0.717) is 5.56 Å². The second-order valence-corrected chi connectivity index (χ2v) is 5.12. The van der Waals surface area contributed by atoms with Gasteiger partial charge in [-0.3, -0.25) is 14.5 Å². The molecule has 2 aromatic heterocycles. The van der Waals surface area contributed by atoms with E-state index in [2.05, 4.69) is 21.0 Å². The van der Waals surface area contributed by atoms with Gasteiger partial charge in [-0.1, -0.05) is 0 Å². The Labute approximate surface area is 117 Å². The van der Waals surface area contributed by atoms with Crippen LogP contribution in [0.25, 0.3) is 0 Å². The van der Waals surface area contributed by atoms with Crippen molar-refractivity contribution < 1.29 is 4.79 Å². The average molecular weight is 271 g/mol. The van der Waals surface area contributed by atoms with Gasteiger partial charge in [0.05, 0.1) is 17.8 Å². The highest BCUT2D eigenvalue weighted by Gasteiger charge is 2.25. The number of aryl methyl sites for hydroxylation is 1. The average Bonchev–Trinajstić information content (AvgIpc) is 3.08. The van der Waals surface area contributed by atoms with Crippen molar-refractivity contribution in [3.05, 3.63) is 42.0 Å². The SMILES string of the molecule is Cc1cc(N2CCC(n3cc(C(N)=O)cn3)C2)ccn1. The normalized spacial score (nSPS) is 18.4. The predicted octanol–water partition coefficient (Wildman–Crippen LogP) is 1.14. The van der Waals surface area contributed by atoms with Gasteiger partial charge in [-0.25, -0.2) is 0 Å². The Morgan fingerprint density at radius 3 is 3.05 bits per heavy atom. The summed E-state index contributed by atoms with van der Waals surface area (Å²) >= 11 is 0. The lowest BCUT2D eigenvalue weighted by atomic mass is 10.2. The maximum absolute atomic E-state index is 11.1. The Hall–Kier alpha value is -2.37. The Bertz CT molecular complexity index is 636. The zero-order chi connectivity index (χ0) is 14.1. The van der Waals surface area contributed by atoms with Gasteiger partial charge in [-0.2, -0.15) is 5.10 Å². The van der Waals surface area contributed by atoms with Gasteiger partial charge in [0.2, 0.25) is 0 Å². The van der Waals surface area contributed by atoms with E-state index < -0.39 is 5.91 Å². The molecule has 6 heteroatoms. The fourth-order valence-corrected chi connectivity index (χ4v) is 2.58. The summed E-state index contributed by atoms with van der Waals surface area (Å²) in [6.45, 7) is 3.84. The van der Waals surface area contributed by atoms with E-state index in [1.54, 1.807) is 6.20 Å². The molecular weight excluding hydrogens is 254 g/mol. The second kappa shape index (κ2) is 4.96. The third kappa shape index (κ3) is 2.36. The molecule has 1 aliphatic heterocycles. The summed E-state index contributed by atoms with van der Waals surface area (Å²) in [6, 6.07) is 4.38. The summed E-state index contributed by atoms with van der Waals surface area (Å²) in [5, 5.41) is 4.24. The number of nitrogens with zero attached hydrogens (tertiary/aromatic N) is 4. The quantitative estimate of drug-likeness (QED) is 0.908. The van der Waals surface area contributed by atoms with E-state index in [0.717, 1.165) is 25.2 Å². The lowest BCUT2D eigenvalue weighted by Gasteiger charge is -2.18. The Morgan fingerprint density at radius 1 is 1.50 bits per heavy atom. The van der Waals surface area contributed by atoms with E-state index in [1.165, 1.54) is 11.9 Å². The van der Waals surface area contributed by atoms with Crippen molar-refractivity contribution in [1.82, 2.24) is 14.8 Å². The van der Waals surface area contributed by atoms with Gasteiger partial charge in [0.15, 0.2) is 0 Å². The minimum Gasteiger partial charge on any atom is -0.369 e. The van der Waals surface area contributed by atoms with Crippen LogP contribution in [0.1, 0.15) is 28.5 Å². The standard InChI is InChI=1S/C14H17N5O/c1-10-6-12(2-4-16-10)18-5-3-13(9-18)19-8-11(7-17-19)14(15)20/h2,4,6-8,13H,3,5,9H2,1H3,(H2,15,20). The van der Waals surface area contributed by atoms with Crippen LogP contribution < -0.4 is 10.6 Å². The summed E-state index contributed by atoms with van der Waals surface area (Å²) in [5.41, 5.74) is 7.91. The van der Waals surface area contributed by atoms with Crippen molar-refractivity contribution in [1.29, 1.82) is 0 Å². The lowest BCUT2D eigenvalue weighted by molar-refractivity contribution is 0.1000. The van der Waals surface area contributed by atoms with E-state index in [1.807, 2.05) is 23.9 Å². The van der Waals surface area contributed by atoms with Gasteiger partial charge in [0.25, 0.3) is 5.91 Å². The van der Waals surface area contributed by atoms with Gasteiger partial charge in [0.1, 0.15) is 0 Å². The second-order valence-electron chi connectivity index (χ2n) is 5.12. The molecular formula is C14H17N5O. The Kier molecular flexibility index (Phi) is 3.14. The molecule has 2 N–H and O–H groups in total. The number of hydrogen-bond acceptors (Lipinski definition) is 4. The van der Waals surface area contributed by atoms with Crippen molar-refractivity contribution >= 4 is 11.6 Å². The first-order valence-electron chi connectivity index (χ1n) is 6.65. The van der Waals surface area contributed by atoms with Crippen molar-refractivity contribution in [2.75, 3.05) is 18.0 Å². The smallest absolute Gasteiger partial charge is 0.251 e. The number of aromatic nitrogens is 3. The zero-order valence-corrected chi connectivity index (χ0v) is 11.4. The van der Waals surface area contributed by atoms with Crippen LogP contribution in [0, 0.1) is 6.92 Å². The number of rotatable bonds is 3. The summed E-state index contributed by atoms with van der Waals surface area (Å²) in [7, 11) is 0. The fourth-order valence-electron chi connectivity index (χ4n) is 2.58. The first-order chi connectivity index (χ1) is 9.63. The van der Waals surface area contributed by atoms with Crippen LogP contribution in [-0.4, -0.2) is 33.8 Å². The highest BCUT2D eigenvalue weighted by atomic mass is 16.1. The summed E-state index contributed by atoms with van der Waals surface area (Å²) in [4.78, 5) is 17.6. The van der Waals surface area contributed by atoms with Crippen molar-refractivity contribution in [2.45, 2.75) is 19.4 Å². The van der Waals surface area contributed by atoms with E-state index in [9.17, 15) is 4.79 Å². The van der Waals surface area contributed by atoms with Gasteiger partial charge in [-0.15, -0.1) is 0 Å². The number of nitrogens with two attached hydrogens (primary N) is 1. The molecule has 1 aliphatic rings. The Morgan fingerprint density at radius 2 is 2.35 bits per heavy atom. The minimum atomic E-state index is -0.434.